The molecule has 2 aliphatic heterocycles. The maximum Gasteiger partial charge on any atom is 0.124 e. The summed E-state index contributed by atoms with van der Waals surface area (Å²) in [5.74, 6) is 2.70. The van der Waals surface area contributed by atoms with E-state index < -0.39 is 0 Å². The fraction of sp³-hybridized carbons (Fsp3) is 0.391. The lowest BCUT2D eigenvalue weighted by Gasteiger charge is -2.33. The molecule has 27 heavy (non-hydrogen) atoms. The van der Waals surface area contributed by atoms with Crippen molar-refractivity contribution in [2.75, 3.05) is 26.9 Å². The molecular formula is C23H27NO3. The molecule has 0 fully saturated rings. The van der Waals surface area contributed by atoms with Crippen LogP contribution in [0, 0.1) is 11.8 Å². The van der Waals surface area contributed by atoms with Crippen LogP contribution in [-0.2, 0) is 11.2 Å². The van der Waals surface area contributed by atoms with Crippen molar-refractivity contribution in [3.05, 3.63) is 65.7 Å². The van der Waals surface area contributed by atoms with Crippen molar-refractivity contribution in [2.24, 2.45) is 11.8 Å². The van der Waals surface area contributed by atoms with Gasteiger partial charge in [-0.05, 0) is 41.8 Å². The summed E-state index contributed by atoms with van der Waals surface area (Å²) >= 11 is 0. The molecule has 0 spiro atoms. The Bertz CT molecular complexity index is 832. The van der Waals surface area contributed by atoms with E-state index in [2.05, 4.69) is 49.2 Å². The quantitative estimate of drug-likeness (QED) is 0.861. The van der Waals surface area contributed by atoms with Crippen molar-refractivity contribution in [2.45, 2.75) is 19.4 Å². The minimum absolute atomic E-state index is 0.191. The van der Waals surface area contributed by atoms with Gasteiger partial charge in [-0.3, -0.25) is 0 Å². The van der Waals surface area contributed by atoms with E-state index in [4.69, 9.17) is 14.2 Å². The first-order chi connectivity index (χ1) is 13.2. The molecule has 1 N–H and O–H groups in total. The van der Waals surface area contributed by atoms with E-state index in [1.54, 1.807) is 7.11 Å². The first-order valence-electron chi connectivity index (χ1n) is 9.58. The van der Waals surface area contributed by atoms with E-state index in [1.165, 1.54) is 11.1 Å². The van der Waals surface area contributed by atoms with Crippen LogP contribution in [-0.4, -0.2) is 26.9 Å². The van der Waals surface area contributed by atoms with Gasteiger partial charge < -0.3 is 19.5 Å². The van der Waals surface area contributed by atoms with Gasteiger partial charge in [-0.15, -0.1) is 0 Å². The Balaban J connectivity index is 1.53. The van der Waals surface area contributed by atoms with Crippen molar-refractivity contribution < 1.29 is 14.2 Å². The van der Waals surface area contributed by atoms with Crippen molar-refractivity contribution in [1.29, 1.82) is 0 Å². The highest BCUT2D eigenvalue weighted by Crippen LogP contribution is 2.37. The minimum Gasteiger partial charge on any atom is -0.493 e. The lowest BCUT2D eigenvalue weighted by Crippen LogP contribution is -2.33. The second kappa shape index (κ2) is 7.65. The van der Waals surface area contributed by atoms with Gasteiger partial charge in [-0.25, -0.2) is 0 Å². The topological polar surface area (TPSA) is 39.7 Å². The Morgan fingerprint density at radius 1 is 1.15 bits per heavy atom. The second-order valence-electron chi connectivity index (χ2n) is 7.59. The van der Waals surface area contributed by atoms with Gasteiger partial charge in [0.25, 0.3) is 0 Å². The summed E-state index contributed by atoms with van der Waals surface area (Å²) < 4.78 is 17.1. The van der Waals surface area contributed by atoms with Crippen LogP contribution in [0.5, 0.6) is 11.5 Å². The normalized spacial score (nSPS) is 23.4. The summed E-state index contributed by atoms with van der Waals surface area (Å²) in [6, 6.07) is 14.8. The summed E-state index contributed by atoms with van der Waals surface area (Å²) in [6.45, 7) is 8.67. The van der Waals surface area contributed by atoms with E-state index in [-0.39, 0.29) is 6.04 Å². The molecule has 4 rings (SSSR count). The fourth-order valence-corrected chi connectivity index (χ4v) is 3.97. The molecule has 0 saturated carbocycles. The number of hydrogen-bond donors (Lipinski definition) is 1. The highest BCUT2D eigenvalue weighted by Gasteiger charge is 2.28. The van der Waals surface area contributed by atoms with E-state index in [0.717, 1.165) is 42.4 Å². The number of methoxy groups -OCH3 is 1. The summed E-state index contributed by atoms with van der Waals surface area (Å²) in [5, 5.41) is 3.64. The summed E-state index contributed by atoms with van der Waals surface area (Å²) in [4.78, 5) is 0. The molecular weight excluding hydrogens is 338 g/mol. The average Bonchev–Trinajstić information content (AvgIpc) is 2.70. The Kier molecular flexibility index (Phi) is 5.08. The minimum atomic E-state index is 0.191. The van der Waals surface area contributed by atoms with Gasteiger partial charge >= 0.3 is 0 Å². The van der Waals surface area contributed by atoms with E-state index in [1.807, 2.05) is 12.1 Å². The van der Waals surface area contributed by atoms with Gasteiger partial charge in [-0.2, -0.15) is 0 Å². The molecule has 2 aromatic carbocycles. The maximum atomic E-state index is 5.89. The molecule has 0 amide bonds. The largest absolute Gasteiger partial charge is 0.493 e. The Hall–Kier alpha value is -2.46. The van der Waals surface area contributed by atoms with Crippen molar-refractivity contribution >= 4 is 5.70 Å². The van der Waals surface area contributed by atoms with Crippen LogP contribution in [0.3, 0.4) is 0 Å². The highest BCUT2D eigenvalue weighted by molar-refractivity contribution is 5.64. The monoisotopic (exact) mass is 365 g/mol. The Labute approximate surface area is 161 Å². The van der Waals surface area contributed by atoms with E-state index >= 15 is 0 Å². The van der Waals surface area contributed by atoms with E-state index in [0.29, 0.717) is 18.4 Å². The van der Waals surface area contributed by atoms with Crippen LogP contribution in [0.4, 0.5) is 0 Å². The number of para-hydroxylation sites is 1. The SMILES string of the molecule is C=C(NC1c2ccccc2OCC1C)c1ccc2c(c1)C[C@H](COC)CO2. The van der Waals surface area contributed by atoms with Crippen LogP contribution in [0.1, 0.15) is 29.7 Å². The molecule has 0 saturated heterocycles. The predicted octanol–water partition coefficient (Wildman–Crippen LogP) is 4.21. The third-order valence-electron chi connectivity index (χ3n) is 5.45. The van der Waals surface area contributed by atoms with Gasteiger partial charge in [-0.1, -0.05) is 31.7 Å². The lowest BCUT2D eigenvalue weighted by molar-refractivity contribution is 0.107. The predicted molar refractivity (Wildman–Crippen MR) is 107 cm³/mol. The molecule has 2 aliphatic rings. The molecule has 0 bridgehead atoms. The van der Waals surface area contributed by atoms with Crippen molar-refractivity contribution in [3.8, 4) is 11.5 Å². The van der Waals surface area contributed by atoms with Gasteiger partial charge in [0.15, 0.2) is 0 Å². The first kappa shape index (κ1) is 17.9. The number of rotatable bonds is 5. The molecule has 4 nitrogen and oxygen atoms in total. The maximum absolute atomic E-state index is 5.89. The van der Waals surface area contributed by atoms with Gasteiger partial charge in [0.1, 0.15) is 11.5 Å². The molecule has 0 aromatic heterocycles. The Morgan fingerprint density at radius 3 is 2.81 bits per heavy atom. The summed E-state index contributed by atoms with van der Waals surface area (Å²) in [7, 11) is 1.74. The number of nitrogens with one attached hydrogen (secondary N) is 1. The van der Waals surface area contributed by atoms with Gasteiger partial charge in [0, 0.05) is 30.2 Å². The van der Waals surface area contributed by atoms with Crippen LogP contribution >= 0.6 is 0 Å². The first-order valence-corrected chi connectivity index (χ1v) is 9.58. The smallest absolute Gasteiger partial charge is 0.124 e. The molecule has 2 aromatic rings. The number of fused-ring (bicyclic) bond motifs is 2. The van der Waals surface area contributed by atoms with Crippen molar-refractivity contribution in [1.82, 2.24) is 5.32 Å². The zero-order chi connectivity index (χ0) is 18.8. The lowest BCUT2D eigenvalue weighted by atomic mass is 9.91. The number of benzene rings is 2. The van der Waals surface area contributed by atoms with Crippen LogP contribution in [0.2, 0.25) is 0 Å². The molecule has 2 heterocycles. The molecule has 3 atom stereocenters. The summed E-state index contributed by atoms with van der Waals surface area (Å²) in [6.07, 6.45) is 0.973. The number of ether oxygens (including phenoxy) is 3. The zero-order valence-electron chi connectivity index (χ0n) is 16.0. The highest BCUT2D eigenvalue weighted by atomic mass is 16.5. The van der Waals surface area contributed by atoms with Crippen LogP contribution in [0.15, 0.2) is 49.0 Å². The molecule has 0 aliphatic carbocycles. The van der Waals surface area contributed by atoms with Crippen molar-refractivity contribution in [3.63, 3.8) is 0 Å². The molecule has 4 heteroatoms. The number of hydrogen-bond acceptors (Lipinski definition) is 4. The van der Waals surface area contributed by atoms with E-state index in [9.17, 15) is 0 Å². The van der Waals surface area contributed by atoms with Crippen LogP contribution < -0.4 is 14.8 Å². The third kappa shape index (κ3) is 3.67. The standard InChI is InChI=1S/C23H27NO3/c1-15-12-26-22-7-5-4-6-20(22)23(15)24-16(2)18-8-9-21-19(11-18)10-17(13-25-3)14-27-21/h4-9,11,15,17,23-24H,2,10,12-14H2,1,3H3/t15?,17-,23?/m1/s1. The molecule has 0 radical (unpaired) electrons. The molecule has 142 valence electrons. The van der Waals surface area contributed by atoms with Crippen LogP contribution in [0.25, 0.3) is 5.70 Å². The van der Waals surface area contributed by atoms with Gasteiger partial charge in [0.05, 0.1) is 25.9 Å². The Morgan fingerprint density at radius 2 is 1.96 bits per heavy atom. The second-order valence-corrected chi connectivity index (χ2v) is 7.59. The summed E-state index contributed by atoms with van der Waals surface area (Å²) in [5.41, 5.74) is 4.45. The molecule has 2 unspecified atom stereocenters. The van der Waals surface area contributed by atoms with Gasteiger partial charge in [0.2, 0.25) is 0 Å². The zero-order valence-corrected chi connectivity index (χ0v) is 16.0. The fourth-order valence-electron chi connectivity index (χ4n) is 3.97. The third-order valence-corrected chi connectivity index (χ3v) is 5.45. The average molecular weight is 365 g/mol.